The van der Waals surface area contributed by atoms with E-state index in [9.17, 15) is 0 Å². The van der Waals surface area contributed by atoms with Gasteiger partial charge in [0.1, 0.15) is 0 Å². The minimum Gasteiger partial charge on any atom is -0.179 e. The van der Waals surface area contributed by atoms with Gasteiger partial charge in [-0.2, -0.15) is 12.6 Å². The fourth-order valence-electron chi connectivity index (χ4n) is 2.35. The summed E-state index contributed by atoms with van der Waals surface area (Å²) in [7, 11) is 0. The molecule has 2 aliphatic rings. The van der Waals surface area contributed by atoms with Crippen LogP contribution in [0.3, 0.4) is 0 Å². The molecule has 52 valence electrons. The molecule has 3 unspecified atom stereocenters. The molecular weight excluding hydrogens is 128 g/mol. The summed E-state index contributed by atoms with van der Waals surface area (Å²) in [6.45, 7) is 0. The van der Waals surface area contributed by atoms with Gasteiger partial charge >= 0.3 is 0 Å². The lowest BCUT2D eigenvalue weighted by molar-refractivity contribution is 0.469. The molecule has 0 heterocycles. The number of fused-ring (bicyclic) bond motifs is 1. The second-order valence-corrected chi connectivity index (χ2v) is 3.96. The van der Waals surface area contributed by atoms with Crippen molar-refractivity contribution in [2.24, 2.45) is 17.8 Å². The summed E-state index contributed by atoms with van der Waals surface area (Å²) in [6.07, 6.45) is 5.97. The van der Waals surface area contributed by atoms with Gasteiger partial charge in [0.2, 0.25) is 0 Å². The SMILES string of the molecule is SCCC1CCC2CC12. The van der Waals surface area contributed by atoms with Gasteiger partial charge in [-0.1, -0.05) is 0 Å². The van der Waals surface area contributed by atoms with Crippen molar-refractivity contribution in [3.63, 3.8) is 0 Å². The fraction of sp³-hybridized carbons (Fsp3) is 1.00. The van der Waals surface area contributed by atoms with Crippen molar-refractivity contribution in [2.45, 2.75) is 25.7 Å². The van der Waals surface area contributed by atoms with Gasteiger partial charge < -0.3 is 0 Å². The van der Waals surface area contributed by atoms with Crippen LogP contribution in [-0.2, 0) is 0 Å². The molecule has 0 spiro atoms. The van der Waals surface area contributed by atoms with E-state index in [4.69, 9.17) is 0 Å². The molecule has 0 saturated heterocycles. The number of rotatable bonds is 2. The van der Waals surface area contributed by atoms with Crippen molar-refractivity contribution in [3.8, 4) is 0 Å². The Kier molecular flexibility index (Phi) is 1.48. The second-order valence-electron chi connectivity index (χ2n) is 3.51. The molecule has 0 aromatic heterocycles. The number of hydrogen-bond donors (Lipinski definition) is 1. The molecule has 0 amide bonds. The first-order valence-electron chi connectivity index (χ1n) is 4.02. The molecule has 0 radical (unpaired) electrons. The van der Waals surface area contributed by atoms with Gasteiger partial charge in [-0.3, -0.25) is 0 Å². The van der Waals surface area contributed by atoms with Crippen molar-refractivity contribution >= 4 is 12.6 Å². The predicted molar refractivity (Wildman–Crippen MR) is 42.8 cm³/mol. The number of hydrogen-bond acceptors (Lipinski definition) is 1. The van der Waals surface area contributed by atoms with E-state index < -0.39 is 0 Å². The Labute approximate surface area is 62.4 Å². The first-order chi connectivity index (χ1) is 4.42. The first-order valence-corrected chi connectivity index (χ1v) is 4.66. The Balaban J connectivity index is 1.84. The highest BCUT2D eigenvalue weighted by Gasteiger charge is 2.46. The average molecular weight is 142 g/mol. The number of thiol groups is 1. The lowest BCUT2D eigenvalue weighted by Gasteiger charge is -2.07. The lowest BCUT2D eigenvalue weighted by atomic mass is 10.0. The smallest absolute Gasteiger partial charge is 0.00952 e. The molecule has 2 saturated carbocycles. The summed E-state index contributed by atoms with van der Waals surface area (Å²) >= 11 is 4.25. The lowest BCUT2D eigenvalue weighted by Crippen LogP contribution is -1.98. The van der Waals surface area contributed by atoms with Crippen LogP contribution >= 0.6 is 12.6 Å². The molecule has 3 atom stereocenters. The maximum atomic E-state index is 4.25. The van der Waals surface area contributed by atoms with Crippen LogP contribution in [0, 0.1) is 17.8 Å². The molecule has 0 aromatic carbocycles. The van der Waals surface area contributed by atoms with E-state index in [1.165, 1.54) is 19.3 Å². The summed E-state index contributed by atoms with van der Waals surface area (Å²) in [5.74, 6) is 4.49. The zero-order valence-corrected chi connectivity index (χ0v) is 6.61. The van der Waals surface area contributed by atoms with E-state index in [1.54, 1.807) is 6.42 Å². The Morgan fingerprint density at radius 2 is 2.22 bits per heavy atom. The quantitative estimate of drug-likeness (QED) is 0.562. The highest BCUT2D eigenvalue weighted by Crippen LogP contribution is 2.56. The van der Waals surface area contributed by atoms with Crippen LogP contribution < -0.4 is 0 Å². The molecule has 2 aliphatic carbocycles. The maximum absolute atomic E-state index is 4.25. The van der Waals surface area contributed by atoms with Gasteiger partial charge in [0, 0.05) is 0 Å². The van der Waals surface area contributed by atoms with Crippen LogP contribution in [0.25, 0.3) is 0 Å². The first kappa shape index (κ1) is 6.09. The third kappa shape index (κ3) is 1.000. The summed E-state index contributed by atoms with van der Waals surface area (Å²) < 4.78 is 0. The standard InChI is InChI=1S/C8H14S/c9-4-3-6-1-2-7-5-8(6)7/h6-9H,1-5H2. The van der Waals surface area contributed by atoms with Crippen LogP contribution in [0.5, 0.6) is 0 Å². The van der Waals surface area contributed by atoms with Gasteiger partial charge in [0.15, 0.2) is 0 Å². The molecule has 0 N–H and O–H groups in total. The molecule has 0 bridgehead atoms. The van der Waals surface area contributed by atoms with E-state index in [2.05, 4.69) is 12.6 Å². The van der Waals surface area contributed by atoms with Gasteiger partial charge in [0.25, 0.3) is 0 Å². The van der Waals surface area contributed by atoms with Gasteiger partial charge in [-0.15, -0.1) is 0 Å². The molecule has 0 nitrogen and oxygen atoms in total. The van der Waals surface area contributed by atoms with Crippen LogP contribution in [-0.4, -0.2) is 5.75 Å². The Morgan fingerprint density at radius 1 is 1.33 bits per heavy atom. The monoisotopic (exact) mass is 142 g/mol. The van der Waals surface area contributed by atoms with Crippen molar-refractivity contribution in [1.29, 1.82) is 0 Å². The normalized spacial score (nSPS) is 47.0. The highest BCUT2D eigenvalue weighted by atomic mass is 32.1. The fourth-order valence-corrected chi connectivity index (χ4v) is 2.68. The zero-order chi connectivity index (χ0) is 6.27. The minimum absolute atomic E-state index is 1.08. The second kappa shape index (κ2) is 2.19. The average Bonchev–Trinajstić information content (AvgIpc) is 2.54. The van der Waals surface area contributed by atoms with E-state index >= 15 is 0 Å². The molecule has 0 aromatic rings. The topological polar surface area (TPSA) is 0 Å². The summed E-state index contributed by atoms with van der Waals surface area (Å²) in [5, 5.41) is 0. The van der Waals surface area contributed by atoms with Gasteiger partial charge in [-0.05, 0) is 49.2 Å². The molecule has 2 rings (SSSR count). The summed E-state index contributed by atoms with van der Waals surface area (Å²) in [5.41, 5.74) is 0. The zero-order valence-electron chi connectivity index (χ0n) is 5.71. The van der Waals surface area contributed by atoms with Gasteiger partial charge in [-0.25, -0.2) is 0 Å². The van der Waals surface area contributed by atoms with Crippen LogP contribution in [0.15, 0.2) is 0 Å². The van der Waals surface area contributed by atoms with Crippen molar-refractivity contribution < 1.29 is 0 Å². The van der Waals surface area contributed by atoms with E-state index in [1.807, 2.05) is 0 Å². The van der Waals surface area contributed by atoms with Crippen molar-refractivity contribution in [1.82, 2.24) is 0 Å². The predicted octanol–water partition coefficient (Wildman–Crippen LogP) is 2.35. The van der Waals surface area contributed by atoms with Crippen LogP contribution in [0.1, 0.15) is 25.7 Å². The largest absolute Gasteiger partial charge is 0.179 e. The Morgan fingerprint density at radius 3 is 2.67 bits per heavy atom. The van der Waals surface area contributed by atoms with Crippen LogP contribution in [0.2, 0.25) is 0 Å². The third-order valence-electron chi connectivity index (χ3n) is 2.99. The van der Waals surface area contributed by atoms with Crippen LogP contribution in [0.4, 0.5) is 0 Å². The maximum Gasteiger partial charge on any atom is -0.00952 e. The van der Waals surface area contributed by atoms with E-state index in [0.29, 0.717) is 0 Å². The van der Waals surface area contributed by atoms with Crippen molar-refractivity contribution in [2.75, 3.05) is 5.75 Å². The molecule has 2 fully saturated rings. The summed E-state index contributed by atoms with van der Waals surface area (Å²) in [6, 6.07) is 0. The molecule has 1 heteroatoms. The molecular formula is C8H14S. The minimum atomic E-state index is 1.08. The third-order valence-corrected chi connectivity index (χ3v) is 3.25. The Hall–Kier alpha value is 0.350. The van der Waals surface area contributed by atoms with E-state index in [0.717, 1.165) is 23.5 Å². The molecule has 9 heavy (non-hydrogen) atoms. The highest BCUT2D eigenvalue weighted by molar-refractivity contribution is 7.80. The molecule has 0 aliphatic heterocycles. The summed E-state index contributed by atoms with van der Waals surface area (Å²) in [4.78, 5) is 0. The Bertz CT molecular complexity index is 111. The van der Waals surface area contributed by atoms with Crippen molar-refractivity contribution in [3.05, 3.63) is 0 Å². The van der Waals surface area contributed by atoms with E-state index in [-0.39, 0.29) is 0 Å². The van der Waals surface area contributed by atoms with Gasteiger partial charge in [0.05, 0.1) is 0 Å².